The topological polar surface area (TPSA) is 124 Å². The first-order chi connectivity index (χ1) is 14.0. The molecule has 5 unspecified atom stereocenters. The van der Waals surface area contributed by atoms with Crippen LogP contribution in [0.15, 0.2) is 24.5 Å². The molecule has 0 N–H and O–H groups in total. The molecule has 10 heteroatoms. The molecule has 0 bridgehead atoms. The lowest BCUT2D eigenvalue weighted by atomic mass is 9.98. The second-order valence-corrected chi connectivity index (χ2v) is 6.46. The first kappa shape index (κ1) is 25.2. The molecule has 0 spiro atoms. The zero-order valence-corrected chi connectivity index (χ0v) is 17.7. The van der Waals surface area contributed by atoms with Crippen molar-refractivity contribution in [3.05, 3.63) is 24.5 Å². The van der Waals surface area contributed by atoms with E-state index in [-0.39, 0.29) is 12.4 Å². The van der Waals surface area contributed by atoms with Crippen molar-refractivity contribution in [2.24, 2.45) is 0 Å². The number of allylic oxidation sites excluding steroid dienone is 2. The van der Waals surface area contributed by atoms with E-state index in [1.165, 1.54) is 6.92 Å². The van der Waals surface area contributed by atoms with E-state index in [9.17, 15) is 19.2 Å². The fourth-order valence-corrected chi connectivity index (χ4v) is 2.72. The lowest BCUT2D eigenvalue weighted by molar-refractivity contribution is -0.299. The molecule has 0 radical (unpaired) electrons. The van der Waals surface area contributed by atoms with Crippen molar-refractivity contribution in [2.45, 2.75) is 71.7 Å². The van der Waals surface area contributed by atoms with Gasteiger partial charge in [0.1, 0.15) is 18.5 Å². The molecule has 1 aliphatic heterocycles. The molecule has 10 nitrogen and oxygen atoms in total. The van der Waals surface area contributed by atoms with Crippen LogP contribution in [0.2, 0.25) is 0 Å². The Morgan fingerprint density at radius 2 is 1.37 bits per heavy atom. The van der Waals surface area contributed by atoms with Crippen LogP contribution in [0, 0.1) is 0 Å². The number of hydrogen-bond acceptors (Lipinski definition) is 10. The zero-order valence-electron chi connectivity index (χ0n) is 17.7. The third kappa shape index (κ3) is 8.24. The SMILES string of the molecule is C=C(/C=C\CC)OC1OC(COC(C)=O)C(OC(C)=O)C(OC(C)=O)C1OC(C)=O. The molecule has 5 atom stereocenters. The molecule has 1 saturated heterocycles. The maximum atomic E-state index is 11.7. The van der Waals surface area contributed by atoms with Gasteiger partial charge >= 0.3 is 23.9 Å². The molecule has 1 fully saturated rings. The van der Waals surface area contributed by atoms with E-state index >= 15 is 0 Å². The van der Waals surface area contributed by atoms with Gasteiger partial charge < -0.3 is 28.4 Å². The number of rotatable bonds is 9. The molecule has 30 heavy (non-hydrogen) atoms. The first-order valence-electron chi connectivity index (χ1n) is 9.37. The van der Waals surface area contributed by atoms with Crippen molar-refractivity contribution in [1.29, 1.82) is 0 Å². The van der Waals surface area contributed by atoms with Gasteiger partial charge in [-0.15, -0.1) is 0 Å². The minimum absolute atomic E-state index is 0.192. The standard InChI is InChI=1S/C20H28O10/c1-7-8-9-11(2)26-20-19(29-15(6)24)18(28-14(5)23)17(27-13(4)22)16(30-20)10-25-12(3)21/h8-9,16-20H,2,7,10H2,1,3-6H3/b9-8-. The number of hydrogen-bond donors (Lipinski definition) is 0. The van der Waals surface area contributed by atoms with Crippen LogP contribution in [0.5, 0.6) is 0 Å². The van der Waals surface area contributed by atoms with Gasteiger partial charge in [-0.05, 0) is 12.5 Å². The minimum Gasteiger partial charge on any atom is -0.463 e. The minimum atomic E-state index is -1.28. The van der Waals surface area contributed by atoms with Crippen LogP contribution in [0.25, 0.3) is 0 Å². The molecule has 1 rings (SSSR count). The van der Waals surface area contributed by atoms with Gasteiger partial charge in [-0.1, -0.05) is 19.6 Å². The van der Waals surface area contributed by atoms with Crippen LogP contribution >= 0.6 is 0 Å². The average molecular weight is 428 g/mol. The Labute approximate surface area is 175 Å². The number of esters is 4. The maximum absolute atomic E-state index is 11.7. The van der Waals surface area contributed by atoms with E-state index < -0.39 is 54.6 Å². The Morgan fingerprint density at radius 3 is 1.87 bits per heavy atom. The molecule has 0 aromatic heterocycles. The highest BCUT2D eigenvalue weighted by atomic mass is 16.7. The van der Waals surface area contributed by atoms with Crippen molar-refractivity contribution >= 4 is 23.9 Å². The summed E-state index contributed by atoms with van der Waals surface area (Å²) in [5.41, 5.74) is 0. The number of ether oxygens (including phenoxy) is 6. The molecule has 0 amide bonds. The molecule has 0 aromatic rings. The Hall–Kier alpha value is -2.88. The van der Waals surface area contributed by atoms with Gasteiger partial charge in [0, 0.05) is 27.7 Å². The maximum Gasteiger partial charge on any atom is 0.303 e. The van der Waals surface area contributed by atoms with Gasteiger partial charge in [0.15, 0.2) is 12.2 Å². The summed E-state index contributed by atoms with van der Waals surface area (Å²) < 4.78 is 32.3. The van der Waals surface area contributed by atoms with E-state index in [2.05, 4.69) is 6.58 Å². The summed E-state index contributed by atoms with van der Waals surface area (Å²) in [5, 5.41) is 0. The van der Waals surface area contributed by atoms with Gasteiger partial charge in [0.2, 0.25) is 12.4 Å². The Balaban J connectivity index is 3.32. The summed E-state index contributed by atoms with van der Waals surface area (Å²) in [5.74, 6) is -2.53. The van der Waals surface area contributed by atoms with Crippen LogP contribution < -0.4 is 0 Å². The highest BCUT2D eigenvalue weighted by molar-refractivity contribution is 5.68. The monoisotopic (exact) mass is 428 g/mol. The summed E-state index contributed by atoms with van der Waals surface area (Å²) in [6.45, 7) is 9.97. The van der Waals surface area contributed by atoms with Gasteiger partial charge in [0.05, 0.1) is 0 Å². The molecule has 168 valence electrons. The van der Waals surface area contributed by atoms with Crippen LogP contribution in [-0.2, 0) is 47.6 Å². The molecular formula is C20H28O10. The largest absolute Gasteiger partial charge is 0.463 e. The van der Waals surface area contributed by atoms with Gasteiger partial charge in [-0.2, -0.15) is 0 Å². The smallest absolute Gasteiger partial charge is 0.303 e. The van der Waals surface area contributed by atoms with E-state index in [0.717, 1.165) is 27.2 Å². The highest BCUT2D eigenvalue weighted by Crippen LogP contribution is 2.31. The second kappa shape index (κ2) is 12.0. The molecule has 0 aromatic carbocycles. The van der Waals surface area contributed by atoms with Crippen LogP contribution in [0.1, 0.15) is 41.0 Å². The summed E-state index contributed by atoms with van der Waals surface area (Å²) in [6, 6.07) is 0. The first-order valence-corrected chi connectivity index (χ1v) is 9.37. The lowest BCUT2D eigenvalue weighted by Crippen LogP contribution is -2.62. The van der Waals surface area contributed by atoms with E-state index in [0.29, 0.717) is 0 Å². The Morgan fingerprint density at radius 1 is 0.833 bits per heavy atom. The normalized spacial score (nSPS) is 25.8. The van der Waals surface area contributed by atoms with Crippen LogP contribution in [0.4, 0.5) is 0 Å². The average Bonchev–Trinajstić information content (AvgIpc) is 2.62. The third-order valence-corrected chi connectivity index (χ3v) is 3.76. The number of carbonyl (C=O) groups excluding carboxylic acids is 4. The van der Waals surface area contributed by atoms with E-state index in [1.807, 2.05) is 6.92 Å². The van der Waals surface area contributed by atoms with Crippen molar-refractivity contribution in [3.8, 4) is 0 Å². The Kier molecular flexibility index (Phi) is 10.0. The summed E-state index contributed by atoms with van der Waals surface area (Å²) in [7, 11) is 0. The molecule has 1 aliphatic rings. The molecule has 0 saturated carbocycles. The number of carbonyl (C=O) groups is 4. The van der Waals surface area contributed by atoms with Crippen molar-refractivity contribution in [2.75, 3.05) is 6.61 Å². The zero-order chi connectivity index (χ0) is 22.8. The quantitative estimate of drug-likeness (QED) is 0.231. The summed E-state index contributed by atoms with van der Waals surface area (Å²) >= 11 is 0. The van der Waals surface area contributed by atoms with Gasteiger partial charge in [-0.25, -0.2) is 0 Å². The van der Waals surface area contributed by atoms with Gasteiger partial charge in [0.25, 0.3) is 0 Å². The van der Waals surface area contributed by atoms with Crippen molar-refractivity contribution < 1.29 is 47.6 Å². The van der Waals surface area contributed by atoms with Crippen LogP contribution in [-0.4, -0.2) is 61.2 Å². The van der Waals surface area contributed by atoms with E-state index in [4.69, 9.17) is 28.4 Å². The lowest BCUT2D eigenvalue weighted by Gasteiger charge is -2.43. The predicted molar refractivity (Wildman–Crippen MR) is 102 cm³/mol. The summed E-state index contributed by atoms with van der Waals surface area (Å²) in [6.07, 6.45) is -2.03. The predicted octanol–water partition coefficient (Wildman–Crippen LogP) is 1.57. The molecule has 0 aliphatic carbocycles. The fraction of sp³-hybridized carbons (Fsp3) is 0.600. The van der Waals surface area contributed by atoms with Crippen molar-refractivity contribution in [3.63, 3.8) is 0 Å². The van der Waals surface area contributed by atoms with Crippen molar-refractivity contribution in [1.82, 2.24) is 0 Å². The molecular weight excluding hydrogens is 400 g/mol. The van der Waals surface area contributed by atoms with E-state index in [1.54, 1.807) is 12.2 Å². The highest BCUT2D eigenvalue weighted by Gasteiger charge is 2.53. The summed E-state index contributed by atoms with van der Waals surface area (Å²) in [4.78, 5) is 46.3. The second-order valence-electron chi connectivity index (χ2n) is 6.46. The molecule has 1 heterocycles. The Bertz CT molecular complexity index is 683. The van der Waals surface area contributed by atoms with Crippen LogP contribution in [0.3, 0.4) is 0 Å². The van der Waals surface area contributed by atoms with Gasteiger partial charge in [-0.3, -0.25) is 19.2 Å². The third-order valence-electron chi connectivity index (χ3n) is 3.76. The fourth-order valence-electron chi connectivity index (χ4n) is 2.72.